The number of thiazole rings is 1. The molecule has 0 saturated carbocycles. The van der Waals surface area contributed by atoms with Gasteiger partial charge in [0.05, 0.1) is 22.7 Å². The molecule has 1 aliphatic rings. The molecule has 1 amide bonds. The number of nitrogens with zero attached hydrogens (tertiary/aromatic N) is 2. The molecule has 2 aromatic carbocycles. The van der Waals surface area contributed by atoms with Gasteiger partial charge in [0.15, 0.2) is 0 Å². The minimum Gasteiger partial charge on any atom is -0.469 e. The summed E-state index contributed by atoms with van der Waals surface area (Å²) in [7, 11) is 1.37. The molecule has 6 nitrogen and oxygen atoms in total. The van der Waals surface area contributed by atoms with Crippen molar-refractivity contribution < 1.29 is 27.5 Å². The topological polar surface area (TPSA) is 71.5 Å². The van der Waals surface area contributed by atoms with Crippen molar-refractivity contribution in [3.05, 3.63) is 70.2 Å². The van der Waals surface area contributed by atoms with Crippen LogP contribution in [0.15, 0.2) is 53.9 Å². The fourth-order valence-electron chi connectivity index (χ4n) is 4.49. The molecule has 206 valence electrons. The Bertz CT molecular complexity index is 1330. The molecule has 0 bridgehead atoms. The highest BCUT2D eigenvalue weighted by molar-refractivity contribution is 7.80. The van der Waals surface area contributed by atoms with Crippen molar-refractivity contribution >= 4 is 46.1 Å². The summed E-state index contributed by atoms with van der Waals surface area (Å²) in [6, 6.07) is 11.8. The number of amides is 1. The molecule has 0 aliphatic carbocycles. The van der Waals surface area contributed by atoms with Crippen molar-refractivity contribution in [1.29, 1.82) is 0 Å². The van der Waals surface area contributed by atoms with Crippen molar-refractivity contribution in [2.24, 2.45) is 0 Å². The highest BCUT2D eigenvalue weighted by Gasteiger charge is 2.31. The fraction of sp³-hybridized carbons (Fsp3) is 0.357. The smallest absolute Gasteiger partial charge is 0.416 e. The summed E-state index contributed by atoms with van der Waals surface area (Å²) < 4.78 is 44.3. The first-order chi connectivity index (χ1) is 18.7. The largest absolute Gasteiger partial charge is 0.469 e. The fourth-order valence-corrected chi connectivity index (χ4v) is 5.79. The van der Waals surface area contributed by atoms with Gasteiger partial charge in [-0.3, -0.25) is 9.59 Å². The Balaban J connectivity index is 1.37. The number of likely N-dealkylation sites (tertiary alicyclic amines) is 1. The third-order valence-electron chi connectivity index (χ3n) is 6.63. The van der Waals surface area contributed by atoms with Crippen LogP contribution in [-0.2, 0) is 15.7 Å². The number of carbonyl (C=O) groups excluding carboxylic acids is 2. The zero-order valence-corrected chi connectivity index (χ0v) is 22.9. The number of carbonyl (C=O) groups is 2. The van der Waals surface area contributed by atoms with Crippen LogP contribution in [0.5, 0.6) is 0 Å². The minimum absolute atomic E-state index is 0.211. The van der Waals surface area contributed by atoms with Crippen LogP contribution >= 0.6 is 23.6 Å². The number of esters is 1. The van der Waals surface area contributed by atoms with E-state index in [1.54, 1.807) is 35.7 Å². The predicted molar refractivity (Wildman–Crippen MR) is 149 cm³/mol. The number of hydrogen-bond donors (Lipinski definition) is 1. The maximum Gasteiger partial charge on any atom is 0.416 e. The Hall–Kier alpha value is -3.31. The third-order valence-corrected chi connectivity index (χ3v) is 8.10. The lowest BCUT2D eigenvalue weighted by Gasteiger charge is -2.33. The number of para-hydroxylation sites is 1. The average Bonchev–Trinajstić information content (AvgIpc) is 3.43. The van der Waals surface area contributed by atoms with E-state index in [0.29, 0.717) is 36.1 Å². The summed E-state index contributed by atoms with van der Waals surface area (Å²) in [6.45, 7) is 1.57. The second-order valence-corrected chi connectivity index (χ2v) is 10.6. The number of piperidine rings is 1. The number of hydrogen-bond acceptors (Lipinski definition) is 6. The number of halogens is 3. The molecule has 0 atom stereocenters. The van der Waals surface area contributed by atoms with Gasteiger partial charge in [-0.1, -0.05) is 42.5 Å². The van der Waals surface area contributed by atoms with Crippen molar-refractivity contribution in [3.63, 3.8) is 0 Å². The number of thiocarbonyl (C=S) groups is 1. The van der Waals surface area contributed by atoms with Crippen molar-refractivity contribution in [2.45, 2.75) is 44.2 Å². The van der Waals surface area contributed by atoms with Gasteiger partial charge in [-0.2, -0.15) is 13.2 Å². The van der Waals surface area contributed by atoms with Gasteiger partial charge >= 0.3 is 12.1 Å². The van der Waals surface area contributed by atoms with Crippen LogP contribution in [0, 0.1) is 0 Å². The summed E-state index contributed by atoms with van der Waals surface area (Å²) in [5, 5.41) is 5.41. The molecule has 1 saturated heterocycles. The van der Waals surface area contributed by atoms with Crippen LogP contribution in [0.3, 0.4) is 0 Å². The first kappa shape index (κ1) is 28.7. The monoisotopic (exact) mass is 575 g/mol. The molecule has 1 aliphatic heterocycles. The molecule has 0 radical (unpaired) electrons. The van der Waals surface area contributed by atoms with E-state index in [4.69, 9.17) is 12.2 Å². The predicted octanol–water partition coefficient (Wildman–Crippen LogP) is 6.93. The number of benzene rings is 2. The summed E-state index contributed by atoms with van der Waals surface area (Å²) in [5.41, 5.74) is 0.773. The Morgan fingerprint density at radius 2 is 1.87 bits per heavy atom. The molecule has 1 fully saturated rings. The van der Waals surface area contributed by atoms with Crippen LogP contribution < -0.4 is 5.32 Å². The van der Waals surface area contributed by atoms with E-state index < -0.39 is 17.6 Å². The first-order valence-electron chi connectivity index (χ1n) is 12.5. The molecule has 4 rings (SSSR count). The standard InChI is InChI=1S/C28H28F3N3O3S2/c1-37-25(35)11-5-10-24(38)34-14-12-18(13-15-34)27-33-23(17-39-27)26(36)32-22-9-3-2-8-21(22)19-6-4-7-20(16-19)28(29,30)31/h2-4,6-9,16-18H,5,10-15H2,1H3,(H,32,36). The molecule has 39 heavy (non-hydrogen) atoms. The Morgan fingerprint density at radius 1 is 1.13 bits per heavy atom. The van der Waals surface area contributed by atoms with Crippen LogP contribution in [0.2, 0.25) is 0 Å². The number of methoxy groups -OCH3 is 1. The van der Waals surface area contributed by atoms with Gasteiger partial charge in [0.1, 0.15) is 5.69 Å². The third kappa shape index (κ3) is 7.42. The number of alkyl halides is 3. The van der Waals surface area contributed by atoms with Gasteiger partial charge in [0.2, 0.25) is 0 Å². The van der Waals surface area contributed by atoms with E-state index in [0.717, 1.165) is 48.1 Å². The van der Waals surface area contributed by atoms with E-state index in [-0.39, 0.29) is 17.6 Å². The molecule has 11 heteroatoms. The lowest BCUT2D eigenvalue weighted by molar-refractivity contribution is -0.140. The minimum atomic E-state index is -4.46. The van der Waals surface area contributed by atoms with E-state index in [1.807, 2.05) is 0 Å². The number of anilines is 1. The molecular weight excluding hydrogens is 547 g/mol. The summed E-state index contributed by atoms with van der Waals surface area (Å²) in [6.07, 6.45) is -1.08. The molecule has 2 heterocycles. The zero-order valence-electron chi connectivity index (χ0n) is 21.3. The van der Waals surface area contributed by atoms with Gasteiger partial charge in [0.25, 0.3) is 5.91 Å². The van der Waals surface area contributed by atoms with Crippen molar-refractivity contribution in [1.82, 2.24) is 9.88 Å². The van der Waals surface area contributed by atoms with Gasteiger partial charge in [-0.05, 0) is 49.4 Å². The SMILES string of the molecule is COC(=O)CCCC(=S)N1CCC(c2nc(C(=O)Nc3ccccc3-c3cccc(C(F)(F)F)c3)cs2)CC1. The van der Waals surface area contributed by atoms with E-state index in [9.17, 15) is 22.8 Å². The number of ether oxygens (including phenoxy) is 1. The average molecular weight is 576 g/mol. The number of rotatable bonds is 8. The highest BCUT2D eigenvalue weighted by Crippen LogP contribution is 2.35. The summed E-state index contributed by atoms with van der Waals surface area (Å²) >= 11 is 6.97. The number of aromatic nitrogens is 1. The maximum absolute atomic E-state index is 13.2. The summed E-state index contributed by atoms with van der Waals surface area (Å²) in [5.74, 6) is -0.441. The molecule has 1 aromatic heterocycles. The van der Waals surface area contributed by atoms with Crippen molar-refractivity contribution in [2.75, 3.05) is 25.5 Å². The van der Waals surface area contributed by atoms with Crippen LogP contribution in [0.25, 0.3) is 11.1 Å². The van der Waals surface area contributed by atoms with Crippen LogP contribution in [0.1, 0.15) is 59.1 Å². The Labute approximate surface area is 234 Å². The van der Waals surface area contributed by atoms with Gasteiger partial charge in [-0.15, -0.1) is 11.3 Å². The second kappa shape index (κ2) is 12.7. The number of nitrogens with one attached hydrogen (secondary N) is 1. The normalized spacial score (nSPS) is 14.2. The van der Waals surface area contributed by atoms with Crippen LogP contribution in [-0.4, -0.2) is 46.9 Å². The van der Waals surface area contributed by atoms with Crippen molar-refractivity contribution in [3.8, 4) is 11.1 Å². The van der Waals surface area contributed by atoms with E-state index in [2.05, 4.69) is 19.9 Å². The Kier molecular flexibility index (Phi) is 9.34. The lowest BCUT2D eigenvalue weighted by atomic mass is 9.97. The molecule has 0 unspecified atom stereocenters. The van der Waals surface area contributed by atoms with Gasteiger partial charge in [-0.25, -0.2) is 4.98 Å². The quantitative estimate of drug-likeness (QED) is 0.232. The molecular formula is C28H28F3N3O3S2. The van der Waals surface area contributed by atoms with Gasteiger partial charge in [0, 0.05) is 42.1 Å². The van der Waals surface area contributed by atoms with Crippen LogP contribution in [0.4, 0.5) is 18.9 Å². The summed E-state index contributed by atoms with van der Waals surface area (Å²) in [4.78, 5) is 31.9. The molecule has 1 N–H and O–H groups in total. The van der Waals surface area contributed by atoms with Gasteiger partial charge < -0.3 is 15.0 Å². The second-order valence-electron chi connectivity index (χ2n) is 9.23. The molecule has 0 spiro atoms. The van der Waals surface area contributed by atoms with E-state index >= 15 is 0 Å². The zero-order chi connectivity index (χ0) is 28.0. The first-order valence-corrected chi connectivity index (χ1v) is 13.8. The molecule has 3 aromatic rings. The highest BCUT2D eigenvalue weighted by atomic mass is 32.1. The lowest BCUT2D eigenvalue weighted by Crippen LogP contribution is -2.36. The Morgan fingerprint density at radius 3 is 2.59 bits per heavy atom. The maximum atomic E-state index is 13.2. The van der Waals surface area contributed by atoms with E-state index in [1.165, 1.54) is 24.5 Å².